The molecule has 0 fully saturated rings. The Bertz CT molecular complexity index is 491. The fraction of sp³-hybridized carbons (Fsp3) is 0.444. The molecule has 0 aliphatic rings. The monoisotopic (exact) mass is 262 g/mol. The number of aromatic amines is 1. The lowest BCUT2D eigenvalue weighted by Gasteiger charge is -2.06. The Hall–Kier alpha value is -1.38. The lowest BCUT2D eigenvalue weighted by molar-refractivity contribution is 0.0691. The van der Waals surface area contributed by atoms with Gasteiger partial charge in [0.1, 0.15) is 10.6 Å². The Morgan fingerprint density at radius 3 is 2.71 bits per heavy atom. The molecule has 0 saturated carbocycles. The van der Waals surface area contributed by atoms with Crippen molar-refractivity contribution in [3.63, 3.8) is 0 Å². The Morgan fingerprint density at radius 1 is 1.59 bits per heavy atom. The average molecular weight is 262 g/mol. The SMILES string of the molecule is CC(O)CCNS(=O)(=O)c1c[nH]c(C(=O)O)c1. The van der Waals surface area contributed by atoms with Crippen molar-refractivity contribution in [2.75, 3.05) is 6.54 Å². The number of aromatic nitrogens is 1. The molecule has 1 aromatic heterocycles. The first-order chi connectivity index (χ1) is 7.83. The Kier molecular flexibility index (Phi) is 4.27. The van der Waals surface area contributed by atoms with Gasteiger partial charge in [0.2, 0.25) is 10.0 Å². The fourth-order valence-corrected chi connectivity index (χ4v) is 2.18. The zero-order valence-corrected chi connectivity index (χ0v) is 9.99. The van der Waals surface area contributed by atoms with Crippen molar-refractivity contribution < 1.29 is 23.4 Å². The highest BCUT2D eigenvalue weighted by atomic mass is 32.2. The van der Waals surface area contributed by atoms with Crippen LogP contribution in [0.4, 0.5) is 0 Å². The summed E-state index contributed by atoms with van der Waals surface area (Å²) in [5, 5.41) is 17.6. The van der Waals surface area contributed by atoms with Crippen LogP contribution in [0.2, 0.25) is 0 Å². The van der Waals surface area contributed by atoms with Gasteiger partial charge in [-0.3, -0.25) is 0 Å². The van der Waals surface area contributed by atoms with Crippen LogP contribution in [0.1, 0.15) is 23.8 Å². The van der Waals surface area contributed by atoms with Crippen LogP contribution in [0.15, 0.2) is 17.2 Å². The summed E-state index contributed by atoms with van der Waals surface area (Å²) >= 11 is 0. The van der Waals surface area contributed by atoms with Gasteiger partial charge in [-0.15, -0.1) is 0 Å². The van der Waals surface area contributed by atoms with E-state index < -0.39 is 22.1 Å². The van der Waals surface area contributed by atoms with Gasteiger partial charge in [-0.25, -0.2) is 17.9 Å². The van der Waals surface area contributed by atoms with E-state index in [1.54, 1.807) is 6.92 Å². The number of hydrogen-bond donors (Lipinski definition) is 4. The van der Waals surface area contributed by atoms with Crippen molar-refractivity contribution in [2.45, 2.75) is 24.3 Å². The van der Waals surface area contributed by atoms with Crippen LogP contribution in [0, 0.1) is 0 Å². The molecule has 7 nitrogen and oxygen atoms in total. The summed E-state index contributed by atoms with van der Waals surface area (Å²) in [6, 6.07) is 1.03. The first kappa shape index (κ1) is 13.7. The standard InChI is InChI=1S/C9H14N2O5S/c1-6(12)2-3-11-17(15,16)7-4-8(9(13)14)10-5-7/h4-6,10-12H,2-3H2,1H3,(H,13,14). The van der Waals surface area contributed by atoms with Crippen molar-refractivity contribution in [2.24, 2.45) is 0 Å². The Labute approximate surface area is 98.5 Å². The number of nitrogens with one attached hydrogen (secondary N) is 2. The van der Waals surface area contributed by atoms with Crippen LogP contribution in [0.5, 0.6) is 0 Å². The molecule has 8 heteroatoms. The van der Waals surface area contributed by atoms with Gasteiger partial charge < -0.3 is 15.2 Å². The highest BCUT2D eigenvalue weighted by Gasteiger charge is 2.17. The van der Waals surface area contributed by atoms with E-state index >= 15 is 0 Å². The van der Waals surface area contributed by atoms with Crippen molar-refractivity contribution in [1.29, 1.82) is 0 Å². The van der Waals surface area contributed by atoms with Gasteiger partial charge in [0.25, 0.3) is 0 Å². The second-order valence-corrected chi connectivity index (χ2v) is 5.36. The number of aliphatic hydroxyl groups is 1. The van der Waals surface area contributed by atoms with Crippen LogP contribution in [-0.4, -0.2) is 42.2 Å². The molecule has 1 rings (SSSR count). The van der Waals surface area contributed by atoms with Crippen molar-refractivity contribution in [3.05, 3.63) is 18.0 Å². The Morgan fingerprint density at radius 2 is 2.24 bits per heavy atom. The maximum Gasteiger partial charge on any atom is 0.352 e. The molecule has 0 aliphatic heterocycles. The highest BCUT2D eigenvalue weighted by Crippen LogP contribution is 2.10. The summed E-state index contributed by atoms with van der Waals surface area (Å²) in [7, 11) is -3.72. The zero-order chi connectivity index (χ0) is 13.1. The molecule has 96 valence electrons. The molecule has 4 N–H and O–H groups in total. The van der Waals surface area contributed by atoms with Gasteiger partial charge >= 0.3 is 5.97 Å². The Balaban J connectivity index is 2.72. The molecule has 1 unspecified atom stereocenters. The third-order valence-corrected chi connectivity index (χ3v) is 3.49. The van der Waals surface area contributed by atoms with E-state index in [0.29, 0.717) is 0 Å². The van der Waals surface area contributed by atoms with Crippen LogP contribution >= 0.6 is 0 Å². The summed E-state index contributed by atoms with van der Waals surface area (Å²) in [5.74, 6) is -1.23. The molecule has 0 saturated heterocycles. The first-order valence-corrected chi connectivity index (χ1v) is 6.40. The second kappa shape index (κ2) is 5.30. The maximum absolute atomic E-state index is 11.6. The fourth-order valence-electron chi connectivity index (χ4n) is 1.14. The lowest BCUT2D eigenvalue weighted by atomic mass is 10.3. The zero-order valence-electron chi connectivity index (χ0n) is 9.17. The largest absolute Gasteiger partial charge is 0.477 e. The van der Waals surface area contributed by atoms with Gasteiger partial charge in [-0.05, 0) is 19.4 Å². The van der Waals surface area contributed by atoms with Gasteiger partial charge in [0, 0.05) is 12.7 Å². The minimum absolute atomic E-state index is 0.0909. The van der Waals surface area contributed by atoms with Crippen LogP contribution in [0.25, 0.3) is 0 Å². The minimum atomic E-state index is -3.72. The van der Waals surface area contributed by atoms with Crippen LogP contribution in [-0.2, 0) is 10.0 Å². The number of aliphatic hydroxyl groups excluding tert-OH is 1. The predicted octanol–water partition coefficient (Wildman–Crippen LogP) is -0.238. The first-order valence-electron chi connectivity index (χ1n) is 4.92. The molecular weight excluding hydrogens is 248 g/mol. The maximum atomic E-state index is 11.6. The van der Waals surface area contributed by atoms with E-state index in [0.717, 1.165) is 12.3 Å². The summed E-state index contributed by atoms with van der Waals surface area (Å²) in [6.07, 6.45) is 0.794. The third-order valence-electron chi connectivity index (χ3n) is 2.05. The highest BCUT2D eigenvalue weighted by molar-refractivity contribution is 7.89. The van der Waals surface area contributed by atoms with Crippen LogP contribution in [0.3, 0.4) is 0 Å². The van der Waals surface area contributed by atoms with Crippen molar-refractivity contribution in [3.8, 4) is 0 Å². The van der Waals surface area contributed by atoms with E-state index in [4.69, 9.17) is 10.2 Å². The molecule has 17 heavy (non-hydrogen) atoms. The second-order valence-electron chi connectivity index (χ2n) is 3.59. The molecule has 1 aromatic rings. The van der Waals surface area contributed by atoms with Gasteiger partial charge in [-0.2, -0.15) is 0 Å². The summed E-state index contributed by atoms with van der Waals surface area (Å²) in [6.45, 7) is 1.64. The number of carbonyl (C=O) groups is 1. The van der Waals surface area contributed by atoms with E-state index in [9.17, 15) is 13.2 Å². The molecule has 1 atom stereocenters. The number of carboxylic acids is 1. The summed E-state index contributed by atoms with van der Waals surface area (Å²) in [4.78, 5) is 12.8. The van der Waals surface area contributed by atoms with E-state index in [-0.39, 0.29) is 23.6 Å². The van der Waals surface area contributed by atoms with Gasteiger partial charge in [-0.1, -0.05) is 0 Å². The van der Waals surface area contributed by atoms with Crippen molar-refractivity contribution in [1.82, 2.24) is 9.71 Å². The van der Waals surface area contributed by atoms with Crippen LogP contribution < -0.4 is 4.72 Å². The smallest absolute Gasteiger partial charge is 0.352 e. The van der Waals surface area contributed by atoms with E-state index in [1.165, 1.54) is 0 Å². The minimum Gasteiger partial charge on any atom is -0.477 e. The van der Waals surface area contributed by atoms with Gasteiger partial charge in [0.15, 0.2) is 0 Å². The molecule has 1 heterocycles. The molecule has 0 aliphatic carbocycles. The normalized spacial score (nSPS) is 13.5. The molecule has 0 aromatic carbocycles. The predicted molar refractivity (Wildman–Crippen MR) is 59.2 cm³/mol. The molecule has 0 bridgehead atoms. The molecule has 0 amide bonds. The average Bonchev–Trinajstić information content (AvgIpc) is 2.65. The number of hydrogen-bond acceptors (Lipinski definition) is 4. The summed E-state index contributed by atoms with van der Waals surface area (Å²) in [5.41, 5.74) is -0.194. The van der Waals surface area contributed by atoms with E-state index in [2.05, 4.69) is 9.71 Å². The molecule has 0 radical (unpaired) electrons. The van der Waals surface area contributed by atoms with Crippen molar-refractivity contribution >= 4 is 16.0 Å². The summed E-state index contributed by atoms with van der Waals surface area (Å²) < 4.78 is 25.5. The third kappa shape index (κ3) is 3.84. The lowest BCUT2D eigenvalue weighted by Crippen LogP contribution is -2.26. The number of rotatable bonds is 6. The number of H-pyrrole nitrogens is 1. The number of aromatic carboxylic acids is 1. The quantitative estimate of drug-likeness (QED) is 0.564. The number of sulfonamides is 1. The molecule has 0 spiro atoms. The topological polar surface area (TPSA) is 119 Å². The molecular formula is C9H14N2O5S. The number of carboxylic acid groups (broad SMARTS) is 1. The van der Waals surface area contributed by atoms with E-state index in [1.807, 2.05) is 0 Å². The van der Waals surface area contributed by atoms with Gasteiger partial charge in [0.05, 0.1) is 6.10 Å².